The molecule has 1 saturated carbocycles. The Morgan fingerprint density at radius 3 is 2.77 bits per heavy atom. The Hall–Kier alpha value is -3.47. The number of rotatable bonds is 8. The molecule has 3 aromatic rings. The van der Waals surface area contributed by atoms with Gasteiger partial charge in [-0.25, -0.2) is 4.39 Å². The number of amides is 1. The second-order valence-electron chi connectivity index (χ2n) is 6.87. The summed E-state index contributed by atoms with van der Waals surface area (Å²) in [6.07, 6.45) is 1.87. The molecule has 0 aliphatic heterocycles. The number of methoxy groups -OCH3 is 1. The van der Waals surface area contributed by atoms with E-state index in [-0.39, 0.29) is 34.9 Å². The lowest BCUT2D eigenvalue weighted by molar-refractivity contribution is -0.384. The highest BCUT2D eigenvalue weighted by Crippen LogP contribution is 2.41. The van der Waals surface area contributed by atoms with Gasteiger partial charge in [0.25, 0.3) is 5.69 Å². The predicted molar refractivity (Wildman–Crippen MR) is 113 cm³/mol. The van der Waals surface area contributed by atoms with Crippen LogP contribution in [0.25, 0.3) is 11.4 Å². The van der Waals surface area contributed by atoms with Crippen LogP contribution in [0, 0.1) is 15.9 Å². The molecule has 11 heteroatoms. The normalized spacial score (nSPS) is 13.1. The topological polar surface area (TPSA) is 112 Å². The molecular weight excluding hydrogens is 425 g/mol. The van der Waals surface area contributed by atoms with Gasteiger partial charge in [-0.3, -0.25) is 19.5 Å². The number of nitrogens with one attached hydrogen (secondary N) is 1. The molecule has 2 aromatic carbocycles. The highest BCUT2D eigenvalue weighted by molar-refractivity contribution is 7.99. The zero-order valence-electron chi connectivity index (χ0n) is 16.4. The molecule has 1 N–H and O–H groups in total. The summed E-state index contributed by atoms with van der Waals surface area (Å²) >= 11 is 1.17. The average molecular weight is 443 g/mol. The van der Waals surface area contributed by atoms with Crippen molar-refractivity contribution in [2.75, 3.05) is 18.2 Å². The molecule has 1 aromatic heterocycles. The Morgan fingerprint density at radius 2 is 2.10 bits per heavy atom. The van der Waals surface area contributed by atoms with Gasteiger partial charge < -0.3 is 10.1 Å². The van der Waals surface area contributed by atoms with Crippen molar-refractivity contribution in [2.24, 2.45) is 0 Å². The zero-order valence-corrected chi connectivity index (χ0v) is 17.3. The second kappa shape index (κ2) is 8.72. The van der Waals surface area contributed by atoms with Crippen molar-refractivity contribution in [3.05, 3.63) is 58.4 Å². The molecule has 0 radical (unpaired) electrons. The number of nitro groups is 1. The summed E-state index contributed by atoms with van der Waals surface area (Å²) in [4.78, 5) is 22.9. The van der Waals surface area contributed by atoms with Gasteiger partial charge in [0.2, 0.25) is 5.91 Å². The molecule has 1 aliphatic carbocycles. The summed E-state index contributed by atoms with van der Waals surface area (Å²) in [5.74, 6) is -0.0326. The molecule has 1 fully saturated rings. The predicted octanol–water partition coefficient (Wildman–Crippen LogP) is 4.07. The van der Waals surface area contributed by atoms with E-state index in [1.807, 2.05) is 4.57 Å². The number of benzene rings is 2. The van der Waals surface area contributed by atoms with Crippen LogP contribution < -0.4 is 10.1 Å². The van der Waals surface area contributed by atoms with Crippen LogP contribution in [0.5, 0.6) is 5.75 Å². The van der Waals surface area contributed by atoms with Crippen LogP contribution in [0.2, 0.25) is 0 Å². The number of hydrogen-bond donors (Lipinski definition) is 1. The highest BCUT2D eigenvalue weighted by Gasteiger charge is 2.31. The third-order valence-electron chi connectivity index (χ3n) is 4.69. The van der Waals surface area contributed by atoms with Crippen LogP contribution in [0.15, 0.2) is 47.6 Å². The van der Waals surface area contributed by atoms with Crippen LogP contribution >= 0.6 is 11.8 Å². The van der Waals surface area contributed by atoms with Crippen molar-refractivity contribution >= 4 is 29.0 Å². The lowest BCUT2D eigenvalue weighted by Gasteiger charge is -2.11. The Labute approximate surface area is 180 Å². The molecular formula is C20H18FN5O4S. The number of halogens is 1. The van der Waals surface area contributed by atoms with Crippen LogP contribution in [0.1, 0.15) is 18.9 Å². The van der Waals surface area contributed by atoms with E-state index in [2.05, 4.69) is 15.5 Å². The van der Waals surface area contributed by atoms with Crippen molar-refractivity contribution in [1.29, 1.82) is 0 Å². The average Bonchev–Trinajstić information content (AvgIpc) is 3.51. The number of carbonyl (C=O) groups excluding carboxylic acids is 1. The Kier molecular flexibility index (Phi) is 5.85. The van der Waals surface area contributed by atoms with Crippen LogP contribution in [0.3, 0.4) is 0 Å². The summed E-state index contributed by atoms with van der Waals surface area (Å²) in [6.45, 7) is 0. The fourth-order valence-corrected chi connectivity index (χ4v) is 3.89. The van der Waals surface area contributed by atoms with Gasteiger partial charge in [-0.1, -0.05) is 23.9 Å². The van der Waals surface area contributed by atoms with E-state index >= 15 is 0 Å². The summed E-state index contributed by atoms with van der Waals surface area (Å²) < 4.78 is 21.3. The number of carbonyl (C=O) groups is 1. The molecule has 0 unspecified atom stereocenters. The van der Waals surface area contributed by atoms with E-state index in [1.165, 1.54) is 43.1 Å². The molecule has 1 aliphatic rings. The number of thioether (sulfide) groups is 1. The Morgan fingerprint density at radius 1 is 1.32 bits per heavy atom. The van der Waals surface area contributed by atoms with E-state index in [9.17, 15) is 19.3 Å². The molecule has 0 spiro atoms. The van der Waals surface area contributed by atoms with Gasteiger partial charge in [0.05, 0.1) is 29.0 Å². The lowest BCUT2D eigenvalue weighted by atomic mass is 10.2. The monoisotopic (exact) mass is 443 g/mol. The van der Waals surface area contributed by atoms with Crippen molar-refractivity contribution in [3.63, 3.8) is 0 Å². The minimum Gasteiger partial charge on any atom is -0.495 e. The van der Waals surface area contributed by atoms with Gasteiger partial charge in [0, 0.05) is 18.2 Å². The molecule has 0 bridgehead atoms. The third-order valence-corrected chi connectivity index (χ3v) is 5.63. The maximum absolute atomic E-state index is 14.3. The molecule has 0 saturated heterocycles. The minimum atomic E-state index is -0.549. The van der Waals surface area contributed by atoms with Crippen LogP contribution in [-0.2, 0) is 4.79 Å². The number of ether oxygens (including phenoxy) is 1. The first-order chi connectivity index (χ1) is 15.0. The van der Waals surface area contributed by atoms with Crippen molar-refractivity contribution in [3.8, 4) is 17.1 Å². The third kappa shape index (κ3) is 4.50. The quantitative estimate of drug-likeness (QED) is 0.317. The Balaban J connectivity index is 1.50. The van der Waals surface area contributed by atoms with E-state index in [4.69, 9.17) is 4.74 Å². The number of non-ortho nitro benzene ring substituents is 1. The zero-order chi connectivity index (χ0) is 22.0. The summed E-state index contributed by atoms with van der Waals surface area (Å²) in [7, 11) is 1.41. The largest absolute Gasteiger partial charge is 0.495 e. The maximum Gasteiger partial charge on any atom is 0.271 e. The molecule has 1 heterocycles. The summed E-state index contributed by atoms with van der Waals surface area (Å²) in [6, 6.07) is 10.5. The second-order valence-corrected chi connectivity index (χ2v) is 7.81. The van der Waals surface area contributed by atoms with Gasteiger partial charge in [-0.05, 0) is 31.0 Å². The maximum atomic E-state index is 14.3. The first-order valence-corrected chi connectivity index (χ1v) is 10.4. The van der Waals surface area contributed by atoms with Crippen molar-refractivity contribution in [2.45, 2.75) is 24.0 Å². The summed E-state index contributed by atoms with van der Waals surface area (Å²) in [5.41, 5.74) is 0.407. The molecule has 0 atom stereocenters. The number of hydrogen-bond acceptors (Lipinski definition) is 7. The van der Waals surface area contributed by atoms with Crippen LogP contribution in [-0.4, -0.2) is 38.5 Å². The molecule has 31 heavy (non-hydrogen) atoms. The number of nitro benzene ring substituents is 1. The SMILES string of the molecule is COc1ccc([N+](=O)[O-])cc1NC(=O)CSc1nnc(-c2ccccc2F)n1C1CC1. The van der Waals surface area contributed by atoms with Gasteiger partial charge in [-0.2, -0.15) is 0 Å². The van der Waals surface area contributed by atoms with Gasteiger partial charge in [0.15, 0.2) is 11.0 Å². The van der Waals surface area contributed by atoms with E-state index in [0.717, 1.165) is 12.8 Å². The molecule has 1 amide bonds. The number of aromatic nitrogens is 3. The molecule has 4 rings (SSSR count). The van der Waals surface area contributed by atoms with E-state index < -0.39 is 4.92 Å². The fraction of sp³-hybridized carbons (Fsp3) is 0.250. The molecule has 160 valence electrons. The Bertz CT molecular complexity index is 1150. The van der Waals surface area contributed by atoms with E-state index in [1.54, 1.807) is 18.2 Å². The van der Waals surface area contributed by atoms with Crippen LogP contribution in [0.4, 0.5) is 15.8 Å². The number of nitrogens with zero attached hydrogens (tertiary/aromatic N) is 4. The number of anilines is 1. The fourth-order valence-electron chi connectivity index (χ4n) is 3.09. The smallest absolute Gasteiger partial charge is 0.271 e. The minimum absolute atomic E-state index is 0.00598. The van der Waals surface area contributed by atoms with Crippen molar-refractivity contribution in [1.82, 2.24) is 14.8 Å². The van der Waals surface area contributed by atoms with Gasteiger partial charge >= 0.3 is 0 Å². The first kappa shape index (κ1) is 20.8. The van der Waals surface area contributed by atoms with E-state index in [0.29, 0.717) is 22.3 Å². The van der Waals surface area contributed by atoms with Gasteiger partial charge in [0.1, 0.15) is 11.6 Å². The standard InChI is InChI=1S/C20H18FN5O4S/c1-30-17-9-8-13(26(28)29)10-16(17)22-18(27)11-31-20-24-23-19(25(20)12-6-7-12)14-4-2-3-5-15(14)21/h2-5,8-10,12H,6-7,11H2,1H3,(H,22,27). The van der Waals surface area contributed by atoms with Gasteiger partial charge in [-0.15, -0.1) is 10.2 Å². The first-order valence-electron chi connectivity index (χ1n) is 9.43. The molecule has 9 nitrogen and oxygen atoms in total. The lowest BCUT2D eigenvalue weighted by Crippen LogP contribution is -2.15. The highest BCUT2D eigenvalue weighted by atomic mass is 32.2. The summed E-state index contributed by atoms with van der Waals surface area (Å²) in [5, 5.41) is 22.5. The van der Waals surface area contributed by atoms with Crippen molar-refractivity contribution < 1.29 is 18.8 Å².